The molecule has 2 rings (SSSR count). The molecule has 114 valence electrons. The molecule has 0 amide bonds. The Bertz CT molecular complexity index is 328. The summed E-state index contributed by atoms with van der Waals surface area (Å²) in [6, 6.07) is 3.07. The van der Waals surface area contributed by atoms with Gasteiger partial charge in [0.1, 0.15) is 5.54 Å². The molecule has 20 heavy (non-hydrogen) atoms. The van der Waals surface area contributed by atoms with E-state index in [0.717, 1.165) is 25.9 Å². The lowest BCUT2D eigenvalue weighted by molar-refractivity contribution is 0.248. The van der Waals surface area contributed by atoms with Crippen LogP contribution in [-0.2, 0) is 0 Å². The summed E-state index contributed by atoms with van der Waals surface area (Å²) >= 11 is 0. The number of rotatable bonds is 9. The molecule has 1 saturated heterocycles. The van der Waals surface area contributed by atoms with Crippen LogP contribution < -0.4 is 5.32 Å². The van der Waals surface area contributed by atoms with Gasteiger partial charge in [-0.3, -0.25) is 5.32 Å². The zero-order valence-electron chi connectivity index (χ0n) is 13.2. The highest BCUT2D eigenvalue weighted by atomic mass is 15.2. The molecule has 1 unspecified atom stereocenters. The number of nitrogens with one attached hydrogen (secondary N) is 1. The lowest BCUT2D eigenvalue weighted by Crippen LogP contribution is -2.43. The van der Waals surface area contributed by atoms with Crippen LogP contribution in [0.15, 0.2) is 0 Å². The molecule has 0 aromatic heterocycles. The van der Waals surface area contributed by atoms with Crippen molar-refractivity contribution in [2.45, 2.75) is 57.0 Å². The van der Waals surface area contributed by atoms with Crippen molar-refractivity contribution >= 4 is 0 Å². The quantitative estimate of drug-likeness (QED) is 0.699. The maximum Gasteiger partial charge on any atom is 0.104 e. The molecule has 0 bridgehead atoms. The topological polar surface area (TPSA) is 42.3 Å². The molecule has 1 atom stereocenters. The molecule has 4 nitrogen and oxygen atoms in total. The van der Waals surface area contributed by atoms with E-state index in [1.165, 1.54) is 45.3 Å². The predicted octanol–water partition coefficient (Wildman–Crippen LogP) is 1.83. The summed E-state index contributed by atoms with van der Waals surface area (Å²) in [5.74, 6) is 0. The molecule has 2 aliphatic rings. The Hall–Kier alpha value is -0.630. The first-order valence-electron chi connectivity index (χ1n) is 8.21. The van der Waals surface area contributed by atoms with E-state index in [4.69, 9.17) is 0 Å². The van der Waals surface area contributed by atoms with Gasteiger partial charge in [-0.1, -0.05) is 0 Å². The summed E-state index contributed by atoms with van der Waals surface area (Å²) < 4.78 is 0. The van der Waals surface area contributed by atoms with Gasteiger partial charge in [0.25, 0.3) is 0 Å². The van der Waals surface area contributed by atoms with Gasteiger partial charge in [0.15, 0.2) is 0 Å². The van der Waals surface area contributed by atoms with Crippen molar-refractivity contribution in [3.05, 3.63) is 0 Å². The van der Waals surface area contributed by atoms with Crippen molar-refractivity contribution < 1.29 is 0 Å². The van der Waals surface area contributed by atoms with Crippen molar-refractivity contribution in [1.29, 1.82) is 5.26 Å². The first-order valence-corrected chi connectivity index (χ1v) is 8.21. The smallest absolute Gasteiger partial charge is 0.104 e. The molecule has 0 aromatic rings. The molecule has 1 saturated carbocycles. The van der Waals surface area contributed by atoms with Crippen molar-refractivity contribution in [3.63, 3.8) is 0 Å². The SMILES string of the molecule is CN(CCCC(C)(C#N)NC1CC1)CCN1CCCC1. The molecular weight excluding hydrogens is 248 g/mol. The van der Waals surface area contributed by atoms with E-state index in [1.54, 1.807) is 0 Å². The summed E-state index contributed by atoms with van der Waals surface area (Å²) in [5.41, 5.74) is -0.322. The Balaban J connectivity index is 1.57. The Morgan fingerprint density at radius 3 is 2.60 bits per heavy atom. The van der Waals surface area contributed by atoms with Gasteiger partial charge in [-0.2, -0.15) is 5.26 Å². The van der Waals surface area contributed by atoms with E-state index < -0.39 is 0 Å². The van der Waals surface area contributed by atoms with Crippen molar-refractivity contribution in [1.82, 2.24) is 15.1 Å². The maximum absolute atomic E-state index is 9.34. The van der Waals surface area contributed by atoms with Crippen LogP contribution in [0.2, 0.25) is 0 Å². The molecule has 1 heterocycles. The van der Waals surface area contributed by atoms with E-state index in [2.05, 4.69) is 35.2 Å². The lowest BCUT2D eigenvalue weighted by Gasteiger charge is -2.25. The molecule has 2 fully saturated rings. The highest BCUT2D eigenvalue weighted by molar-refractivity contribution is 5.07. The third-order valence-corrected chi connectivity index (χ3v) is 4.56. The van der Waals surface area contributed by atoms with E-state index in [0.29, 0.717) is 6.04 Å². The Labute approximate surface area is 124 Å². The van der Waals surface area contributed by atoms with Crippen LogP contribution in [-0.4, -0.2) is 61.2 Å². The van der Waals surface area contributed by atoms with Crippen molar-refractivity contribution in [2.75, 3.05) is 39.8 Å². The van der Waals surface area contributed by atoms with Crippen LogP contribution in [0.3, 0.4) is 0 Å². The summed E-state index contributed by atoms with van der Waals surface area (Å²) in [6.45, 7) is 8.07. The molecular formula is C16H30N4. The van der Waals surface area contributed by atoms with Crippen LogP contribution in [0.25, 0.3) is 0 Å². The minimum absolute atomic E-state index is 0.322. The number of hydrogen-bond acceptors (Lipinski definition) is 4. The van der Waals surface area contributed by atoms with Gasteiger partial charge in [-0.15, -0.1) is 0 Å². The minimum Gasteiger partial charge on any atom is -0.305 e. The van der Waals surface area contributed by atoms with E-state index >= 15 is 0 Å². The average molecular weight is 278 g/mol. The fourth-order valence-corrected chi connectivity index (χ4v) is 2.97. The maximum atomic E-state index is 9.34. The zero-order chi connectivity index (χ0) is 14.4. The Kier molecular flexibility index (Phi) is 5.83. The van der Waals surface area contributed by atoms with E-state index in [9.17, 15) is 5.26 Å². The lowest BCUT2D eigenvalue weighted by atomic mass is 9.97. The number of likely N-dealkylation sites (tertiary alicyclic amines) is 1. The van der Waals surface area contributed by atoms with Gasteiger partial charge in [-0.05, 0) is 72.1 Å². The third-order valence-electron chi connectivity index (χ3n) is 4.56. The summed E-state index contributed by atoms with van der Waals surface area (Å²) in [6.07, 6.45) is 7.28. The van der Waals surface area contributed by atoms with Gasteiger partial charge in [0, 0.05) is 19.1 Å². The highest BCUT2D eigenvalue weighted by Crippen LogP contribution is 2.24. The Morgan fingerprint density at radius 2 is 2.00 bits per heavy atom. The first-order chi connectivity index (χ1) is 9.61. The predicted molar refractivity (Wildman–Crippen MR) is 82.6 cm³/mol. The zero-order valence-corrected chi connectivity index (χ0v) is 13.2. The molecule has 1 aliphatic heterocycles. The average Bonchev–Trinajstić information content (AvgIpc) is 3.07. The third kappa shape index (κ3) is 5.40. The molecule has 4 heteroatoms. The minimum atomic E-state index is -0.322. The summed E-state index contributed by atoms with van der Waals surface area (Å²) in [7, 11) is 2.20. The van der Waals surface area contributed by atoms with Gasteiger partial charge >= 0.3 is 0 Å². The largest absolute Gasteiger partial charge is 0.305 e. The summed E-state index contributed by atoms with van der Waals surface area (Å²) in [4.78, 5) is 4.97. The highest BCUT2D eigenvalue weighted by Gasteiger charge is 2.31. The molecule has 0 spiro atoms. The molecule has 1 N–H and O–H groups in total. The second kappa shape index (κ2) is 7.40. The van der Waals surface area contributed by atoms with Crippen LogP contribution >= 0.6 is 0 Å². The number of nitrogens with zero attached hydrogens (tertiary/aromatic N) is 3. The summed E-state index contributed by atoms with van der Waals surface area (Å²) in [5, 5.41) is 12.8. The van der Waals surface area contributed by atoms with Gasteiger partial charge < -0.3 is 9.80 Å². The van der Waals surface area contributed by atoms with Gasteiger partial charge in [-0.25, -0.2) is 0 Å². The number of nitriles is 1. The monoisotopic (exact) mass is 278 g/mol. The number of likely N-dealkylation sites (N-methyl/N-ethyl adjacent to an activating group) is 1. The van der Waals surface area contributed by atoms with Crippen molar-refractivity contribution in [2.24, 2.45) is 0 Å². The molecule has 0 radical (unpaired) electrons. The molecule has 1 aliphatic carbocycles. The first kappa shape index (κ1) is 15.8. The second-order valence-electron chi connectivity index (χ2n) is 6.82. The fourth-order valence-electron chi connectivity index (χ4n) is 2.97. The standard InChI is InChI=1S/C16H30N4/c1-16(14-17,18-15-6-7-15)8-5-9-19(2)12-13-20-10-3-4-11-20/h15,18H,3-13H2,1-2H3. The second-order valence-corrected chi connectivity index (χ2v) is 6.82. The van der Waals surface area contributed by atoms with Crippen LogP contribution in [0, 0.1) is 11.3 Å². The van der Waals surface area contributed by atoms with Crippen LogP contribution in [0.5, 0.6) is 0 Å². The normalized spacial score (nSPS) is 22.9. The van der Waals surface area contributed by atoms with E-state index in [-0.39, 0.29) is 5.54 Å². The van der Waals surface area contributed by atoms with E-state index in [1.807, 2.05) is 0 Å². The van der Waals surface area contributed by atoms with Crippen molar-refractivity contribution in [3.8, 4) is 6.07 Å². The Morgan fingerprint density at radius 1 is 1.30 bits per heavy atom. The van der Waals surface area contributed by atoms with Crippen LogP contribution in [0.1, 0.15) is 45.4 Å². The number of hydrogen-bond donors (Lipinski definition) is 1. The molecule has 0 aromatic carbocycles. The fraction of sp³-hybridized carbons (Fsp3) is 0.938. The van der Waals surface area contributed by atoms with Crippen LogP contribution in [0.4, 0.5) is 0 Å². The van der Waals surface area contributed by atoms with Gasteiger partial charge in [0.2, 0.25) is 0 Å². The van der Waals surface area contributed by atoms with Gasteiger partial charge in [0.05, 0.1) is 6.07 Å².